The maximum atomic E-state index is 13.7. The third-order valence-electron chi connectivity index (χ3n) is 3.86. The van der Waals surface area contributed by atoms with Crippen molar-refractivity contribution in [2.75, 3.05) is 38.1 Å². The molecule has 1 heterocycles. The predicted octanol–water partition coefficient (Wildman–Crippen LogP) is 2.08. The molecule has 1 aliphatic heterocycles. The molecule has 1 aromatic rings. The Kier molecular flexibility index (Phi) is 4.77. The zero-order valence-electron chi connectivity index (χ0n) is 12.1. The number of anilines is 1. The molecule has 0 saturated carbocycles. The van der Waals surface area contributed by atoms with Crippen LogP contribution in [0, 0.1) is 5.82 Å². The Hall–Kier alpha value is -1.13. The first-order valence-corrected chi connectivity index (χ1v) is 7.07. The van der Waals surface area contributed by atoms with Crippen LogP contribution in [0.5, 0.6) is 0 Å². The Morgan fingerprint density at radius 1 is 1.32 bits per heavy atom. The van der Waals surface area contributed by atoms with E-state index in [0.29, 0.717) is 12.6 Å². The average molecular weight is 265 g/mol. The van der Waals surface area contributed by atoms with Crippen LogP contribution in [0.3, 0.4) is 0 Å². The topological polar surface area (TPSA) is 18.5 Å². The van der Waals surface area contributed by atoms with E-state index >= 15 is 0 Å². The second-order valence-electron chi connectivity index (χ2n) is 5.27. The third-order valence-corrected chi connectivity index (χ3v) is 3.86. The fourth-order valence-electron chi connectivity index (χ4n) is 2.82. The minimum Gasteiger partial charge on any atom is -0.369 e. The Labute approximate surface area is 115 Å². The van der Waals surface area contributed by atoms with Gasteiger partial charge in [-0.25, -0.2) is 4.39 Å². The Balaban J connectivity index is 2.13. The highest BCUT2D eigenvalue weighted by Crippen LogP contribution is 2.22. The fraction of sp³-hybridized carbons (Fsp3) is 0.600. The smallest absolute Gasteiger partial charge is 0.125 e. The molecule has 1 aliphatic rings. The van der Waals surface area contributed by atoms with Crippen LogP contribution in [-0.4, -0.2) is 44.2 Å². The van der Waals surface area contributed by atoms with Gasteiger partial charge in [0.2, 0.25) is 0 Å². The molecule has 1 saturated heterocycles. The van der Waals surface area contributed by atoms with Gasteiger partial charge in [-0.3, -0.25) is 4.90 Å². The molecule has 3 nitrogen and oxygen atoms in total. The zero-order chi connectivity index (χ0) is 13.8. The lowest BCUT2D eigenvalue weighted by molar-refractivity contribution is 0.199. The van der Waals surface area contributed by atoms with E-state index in [1.807, 2.05) is 7.05 Å². The molecule has 0 aliphatic carbocycles. The molecule has 0 aromatic heterocycles. The van der Waals surface area contributed by atoms with Crippen molar-refractivity contribution in [2.24, 2.45) is 0 Å². The van der Waals surface area contributed by atoms with Crippen LogP contribution < -0.4 is 10.2 Å². The van der Waals surface area contributed by atoms with Crippen LogP contribution in [0.15, 0.2) is 18.2 Å². The number of likely N-dealkylation sites (N-methyl/N-ethyl adjacent to an activating group) is 1. The Morgan fingerprint density at radius 3 is 2.74 bits per heavy atom. The largest absolute Gasteiger partial charge is 0.369 e. The van der Waals surface area contributed by atoms with Gasteiger partial charge in [0, 0.05) is 37.9 Å². The van der Waals surface area contributed by atoms with Crippen LogP contribution in [0.25, 0.3) is 0 Å². The standard InChI is InChI=1S/C15H24FN3/c1-4-18-5-6-19(11-12(18)2)15-8-13(10-17-3)7-14(16)9-15/h7-9,12,17H,4-6,10-11H2,1-3H3. The van der Waals surface area contributed by atoms with Gasteiger partial charge in [-0.2, -0.15) is 0 Å². The summed E-state index contributed by atoms with van der Waals surface area (Å²) in [5.41, 5.74) is 2.01. The Bertz CT molecular complexity index is 422. The summed E-state index contributed by atoms with van der Waals surface area (Å²) in [4.78, 5) is 4.75. The van der Waals surface area contributed by atoms with Crippen molar-refractivity contribution in [3.63, 3.8) is 0 Å². The van der Waals surface area contributed by atoms with E-state index < -0.39 is 0 Å². The van der Waals surface area contributed by atoms with Crippen molar-refractivity contribution in [1.82, 2.24) is 10.2 Å². The summed E-state index contributed by atoms with van der Waals surface area (Å²) >= 11 is 0. The van der Waals surface area contributed by atoms with Gasteiger partial charge < -0.3 is 10.2 Å². The van der Waals surface area contributed by atoms with Gasteiger partial charge in [-0.1, -0.05) is 6.92 Å². The van der Waals surface area contributed by atoms with Crippen molar-refractivity contribution in [1.29, 1.82) is 0 Å². The van der Waals surface area contributed by atoms with E-state index in [-0.39, 0.29) is 5.82 Å². The molecule has 106 valence electrons. The summed E-state index contributed by atoms with van der Waals surface area (Å²) in [7, 11) is 1.88. The lowest BCUT2D eigenvalue weighted by Gasteiger charge is -2.40. The van der Waals surface area contributed by atoms with E-state index in [4.69, 9.17) is 0 Å². The van der Waals surface area contributed by atoms with Gasteiger partial charge in [0.25, 0.3) is 0 Å². The monoisotopic (exact) mass is 265 g/mol. The molecule has 1 N–H and O–H groups in total. The first kappa shape index (κ1) is 14.3. The minimum absolute atomic E-state index is 0.145. The summed E-state index contributed by atoms with van der Waals surface area (Å²) in [6, 6.07) is 5.86. The van der Waals surface area contributed by atoms with E-state index in [2.05, 4.69) is 35.0 Å². The van der Waals surface area contributed by atoms with Gasteiger partial charge >= 0.3 is 0 Å². The molecule has 1 fully saturated rings. The van der Waals surface area contributed by atoms with Crippen LogP contribution >= 0.6 is 0 Å². The highest BCUT2D eigenvalue weighted by atomic mass is 19.1. The highest BCUT2D eigenvalue weighted by molar-refractivity contribution is 5.49. The third kappa shape index (κ3) is 3.45. The van der Waals surface area contributed by atoms with Crippen LogP contribution in [-0.2, 0) is 6.54 Å². The maximum absolute atomic E-state index is 13.7. The molecule has 2 rings (SSSR count). The van der Waals surface area contributed by atoms with Gasteiger partial charge in [0.05, 0.1) is 0 Å². The lowest BCUT2D eigenvalue weighted by atomic mass is 10.1. The molecule has 4 heteroatoms. The van der Waals surface area contributed by atoms with Gasteiger partial charge in [-0.05, 0) is 44.3 Å². The number of piperazine rings is 1. The lowest BCUT2D eigenvalue weighted by Crippen LogP contribution is -2.51. The number of nitrogens with one attached hydrogen (secondary N) is 1. The second-order valence-corrected chi connectivity index (χ2v) is 5.27. The highest BCUT2D eigenvalue weighted by Gasteiger charge is 2.22. The molecule has 1 aromatic carbocycles. The molecule has 1 atom stereocenters. The van der Waals surface area contributed by atoms with E-state index in [1.54, 1.807) is 12.1 Å². The van der Waals surface area contributed by atoms with Crippen LogP contribution in [0.1, 0.15) is 19.4 Å². The van der Waals surface area contributed by atoms with Gasteiger partial charge in [-0.15, -0.1) is 0 Å². The number of hydrogen-bond donors (Lipinski definition) is 1. The summed E-state index contributed by atoms with van der Waals surface area (Å²) in [6.07, 6.45) is 0. The minimum atomic E-state index is -0.145. The van der Waals surface area contributed by atoms with E-state index in [0.717, 1.165) is 37.4 Å². The summed E-state index contributed by atoms with van der Waals surface area (Å²) < 4.78 is 13.7. The molecule has 19 heavy (non-hydrogen) atoms. The summed E-state index contributed by atoms with van der Waals surface area (Å²) in [5, 5.41) is 3.07. The molecular formula is C15H24FN3. The molecule has 0 amide bonds. The van der Waals surface area contributed by atoms with Gasteiger partial charge in [0.1, 0.15) is 5.82 Å². The average Bonchev–Trinajstić information content (AvgIpc) is 2.38. The summed E-state index contributed by atoms with van der Waals surface area (Å²) in [6.45, 7) is 9.22. The maximum Gasteiger partial charge on any atom is 0.125 e. The van der Waals surface area contributed by atoms with Crippen molar-refractivity contribution in [3.8, 4) is 0 Å². The number of hydrogen-bond acceptors (Lipinski definition) is 3. The van der Waals surface area contributed by atoms with Crippen molar-refractivity contribution < 1.29 is 4.39 Å². The van der Waals surface area contributed by atoms with Crippen molar-refractivity contribution in [2.45, 2.75) is 26.4 Å². The van der Waals surface area contributed by atoms with E-state index in [9.17, 15) is 4.39 Å². The van der Waals surface area contributed by atoms with Gasteiger partial charge in [0.15, 0.2) is 0 Å². The summed E-state index contributed by atoms with van der Waals surface area (Å²) in [5.74, 6) is -0.145. The SMILES string of the molecule is CCN1CCN(c2cc(F)cc(CNC)c2)CC1C. The molecule has 0 spiro atoms. The number of nitrogens with zero attached hydrogens (tertiary/aromatic N) is 2. The number of benzene rings is 1. The first-order valence-electron chi connectivity index (χ1n) is 7.07. The van der Waals surface area contributed by atoms with Crippen LogP contribution in [0.2, 0.25) is 0 Å². The number of rotatable bonds is 4. The molecule has 1 unspecified atom stereocenters. The van der Waals surface area contributed by atoms with E-state index in [1.165, 1.54) is 0 Å². The zero-order valence-corrected chi connectivity index (χ0v) is 12.1. The Morgan fingerprint density at radius 2 is 2.11 bits per heavy atom. The normalized spacial score (nSPS) is 20.8. The van der Waals surface area contributed by atoms with Crippen molar-refractivity contribution in [3.05, 3.63) is 29.6 Å². The molecule has 0 bridgehead atoms. The van der Waals surface area contributed by atoms with Crippen LogP contribution in [0.4, 0.5) is 10.1 Å². The quantitative estimate of drug-likeness (QED) is 0.899. The predicted molar refractivity (Wildman–Crippen MR) is 78.1 cm³/mol. The first-order chi connectivity index (χ1) is 9.13. The fourth-order valence-corrected chi connectivity index (χ4v) is 2.82. The van der Waals surface area contributed by atoms with Crippen molar-refractivity contribution >= 4 is 5.69 Å². The second kappa shape index (κ2) is 6.35. The molecular weight excluding hydrogens is 241 g/mol. The number of halogens is 1. The molecule has 0 radical (unpaired) electrons.